The molecule has 2 unspecified atom stereocenters. The number of thiazole rings is 1. The van der Waals surface area contributed by atoms with Crippen molar-refractivity contribution in [3.63, 3.8) is 0 Å². The van der Waals surface area contributed by atoms with Crippen LogP contribution in [-0.4, -0.2) is 39.2 Å². The van der Waals surface area contributed by atoms with Crippen molar-refractivity contribution >= 4 is 28.8 Å². The fourth-order valence-electron chi connectivity index (χ4n) is 5.22. The van der Waals surface area contributed by atoms with E-state index in [2.05, 4.69) is 4.98 Å². The fraction of sp³-hybridized carbons (Fsp3) is 0.450. The number of benzene rings is 1. The van der Waals surface area contributed by atoms with Crippen molar-refractivity contribution in [3.05, 3.63) is 35.3 Å². The Kier molecular flexibility index (Phi) is 3.86. The van der Waals surface area contributed by atoms with Crippen LogP contribution in [0.4, 0.5) is 18.9 Å². The first kappa shape index (κ1) is 19.7. The number of nitrogens with zero attached hydrogens (tertiary/aromatic N) is 2. The second-order valence-corrected chi connectivity index (χ2v) is 9.25. The molecule has 3 saturated heterocycles. The quantitative estimate of drug-likeness (QED) is 0.729. The van der Waals surface area contributed by atoms with Crippen LogP contribution in [0.25, 0.3) is 10.6 Å². The second-order valence-electron chi connectivity index (χ2n) is 8.35. The molecule has 3 aliphatic rings. The highest BCUT2D eigenvalue weighted by atomic mass is 32.1. The van der Waals surface area contributed by atoms with Crippen LogP contribution in [0.3, 0.4) is 0 Å². The van der Waals surface area contributed by atoms with Crippen LogP contribution in [0.1, 0.15) is 25.8 Å². The van der Waals surface area contributed by atoms with Crippen molar-refractivity contribution in [3.8, 4) is 10.6 Å². The van der Waals surface area contributed by atoms with E-state index in [1.807, 2.05) is 0 Å². The number of ether oxygens (including phenoxy) is 1. The van der Waals surface area contributed by atoms with E-state index in [1.54, 1.807) is 19.2 Å². The van der Waals surface area contributed by atoms with Crippen molar-refractivity contribution in [1.82, 2.24) is 4.98 Å². The molecular formula is C20H17F3N2O4S. The molecule has 0 aliphatic carbocycles. The SMILES string of the molecule is CC12C[C@H](O)C(C)(O1)[C@@H]1C(=O)N(c3ccc(-c4nccs4)c(C(F)(F)F)c3)C(=O)[C@@H]12. The number of carbonyl (C=O) groups excluding carboxylic acids is 2. The molecule has 5 atom stereocenters. The van der Waals surface area contributed by atoms with Crippen molar-refractivity contribution in [2.24, 2.45) is 11.8 Å². The van der Waals surface area contributed by atoms with Crippen LogP contribution in [-0.2, 0) is 20.5 Å². The number of aliphatic hydroxyl groups is 1. The molecular weight excluding hydrogens is 421 g/mol. The number of anilines is 1. The van der Waals surface area contributed by atoms with Gasteiger partial charge in [-0.05, 0) is 32.0 Å². The van der Waals surface area contributed by atoms with Gasteiger partial charge in [-0.3, -0.25) is 9.59 Å². The molecule has 0 radical (unpaired) electrons. The van der Waals surface area contributed by atoms with Gasteiger partial charge in [-0.2, -0.15) is 13.2 Å². The molecule has 158 valence electrons. The standard InChI is InChI=1S/C20H17F3N2O4S/c1-18-8-12(26)19(2,29-18)14-13(18)16(27)25(17(14)28)9-3-4-10(15-24-5-6-30-15)11(7-9)20(21,22)23/h3-7,12-14,26H,8H2,1-2H3/t12-,13+,14-,18?,19?/m0/s1. The topological polar surface area (TPSA) is 79.7 Å². The van der Waals surface area contributed by atoms with Gasteiger partial charge in [0.15, 0.2) is 0 Å². The number of fused-ring (bicyclic) bond motifs is 5. The molecule has 3 aliphatic heterocycles. The number of imide groups is 1. The fourth-order valence-corrected chi connectivity index (χ4v) is 5.90. The highest BCUT2D eigenvalue weighted by Crippen LogP contribution is 2.61. The molecule has 4 heterocycles. The molecule has 1 aromatic heterocycles. The number of halogens is 3. The van der Waals surface area contributed by atoms with E-state index < -0.39 is 52.7 Å². The number of amides is 2. The van der Waals surface area contributed by atoms with Gasteiger partial charge in [0.1, 0.15) is 10.6 Å². The predicted molar refractivity (Wildman–Crippen MR) is 101 cm³/mol. The smallest absolute Gasteiger partial charge is 0.390 e. The molecule has 2 amide bonds. The van der Waals surface area contributed by atoms with E-state index in [4.69, 9.17) is 4.74 Å². The lowest BCUT2D eigenvalue weighted by atomic mass is 9.67. The van der Waals surface area contributed by atoms with E-state index in [9.17, 15) is 27.9 Å². The number of rotatable bonds is 2. The number of aliphatic hydroxyl groups excluding tert-OH is 1. The minimum Gasteiger partial charge on any atom is -0.390 e. The van der Waals surface area contributed by atoms with Crippen LogP contribution in [0.5, 0.6) is 0 Å². The molecule has 10 heteroatoms. The Labute approximate surface area is 173 Å². The third-order valence-electron chi connectivity index (χ3n) is 6.52. The molecule has 2 bridgehead atoms. The van der Waals surface area contributed by atoms with Gasteiger partial charge in [0, 0.05) is 23.6 Å². The first-order valence-corrected chi connectivity index (χ1v) is 10.2. The van der Waals surface area contributed by atoms with Crippen LogP contribution in [0.2, 0.25) is 0 Å². The van der Waals surface area contributed by atoms with Crippen LogP contribution in [0, 0.1) is 11.8 Å². The zero-order valence-corrected chi connectivity index (χ0v) is 16.8. The molecule has 0 spiro atoms. The van der Waals surface area contributed by atoms with Gasteiger partial charge in [0.2, 0.25) is 11.8 Å². The van der Waals surface area contributed by atoms with E-state index in [1.165, 1.54) is 18.3 Å². The highest BCUT2D eigenvalue weighted by Gasteiger charge is 2.75. The maximum atomic E-state index is 13.8. The summed E-state index contributed by atoms with van der Waals surface area (Å²) >= 11 is 1.06. The van der Waals surface area contributed by atoms with Crippen molar-refractivity contribution in [2.75, 3.05) is 4.90 Å². The van der Waals surface area contributed by atoms with Gasteiger partial charge in [0.05, 0.1) is 34.8 Å². The summed E-state index contributed by atoms with van der Waals surface area (Å²) in [6.45, 7) is 3.24. The summed E-state index contributed by atoms with van der Waals surface area (Å²) in [6, 6.07) is 3.37. The second kappa shape index (κ2) is 5.89. The zero-order valence-electron chi connectivity index (χ0n) is 15.9. The summed E-state index contributed by atoms with van der Waals surface area (Å²) in [5.74, 6) is -3.03. The summed E-state index contributed by atoms with van der Waals surface area (Å²) in [5.41, 5.74) is -3.50. The van der Waals surface area contributed by atoms with Gasteiger partial charge in [-0.15, -0.1) is 11.3 Å². The maximum Gasteiger partial charge on any atom is 0.417 e. The van der Waals surface area contributed by atoms with Gasteiger partial charge in [-0.1, -0.05) is 0 Å². The minimum atomic E-state index is -4.70. The predicted octanol–water partition coefficient (Wildman–Crippen LogP) is 3.25. The summed E-state index contributed by atoms with van der Waals surface area (Å²) in [7, 11) is 0. The Balaban J connectivity index is 1.61. The van der Waals surface area contributed by atoms with Crippen LogP contribution >= 0.6 is 11.3 Å². The molecule has 2 aromatic rings. The van der Waals surface area contributed by atoms with Crippen LogP contribution < -0.4 is 4.90 Å². The van der Waals surface area contributed by atoms with Crippen molar-refractivity contribution < 1.29 is 32.6 Å². The first-order valence-electron chi connectivity index (χ1n) is 9.34. The number of carbonyl (C=O) groups is 2. The Morgan fingerprint density at radius 3 is 2.57 bits per heavy atom. The highest BCUT2D eigenvalue weighted by molar-refractivity contribution is 7.13. The molecule has 3 fully saturated rings. The molecule has 6 nitrogen and oxygen atoms in total. The van der Waals surface area contributed by atoms with Crippen molar-refractivity contribution in [1.29, 1.82) is 0 Å². The number of hydrogen-bond donors (Lipinski definition) is 1. The zero-order chi connectivity index (χ0) is 21.6. The van der Waals surface area contributed by atoms with E-state index in [-0.39, 0.29) is 22.7 Å². The number of hydrogen-bond acceptors (Lipinski definition) is 6. The number of aromatic nitrogens is 1. The lowest BCUT2D eigenvalue weighted by molar-refractivity contribution is -0.137. The van der Waals surface area contributed by atoms with E-state index >= 15 is 0 Å². The number of alkyl halides is 3. The summed E-state index contributed by atoms with van der Waals surface area (Å²) in [6.07, 6.45) is -4.03. The first-order chi connectivity index (χ1) is 14.0. The summed E-state index contributed by atoms with van der Waals surface area (Å²) < 4.78 is 47.2. The largest absolute Gasteiger partial charge is 0.417 e. The van der Waals surface area contributed by atoms with Crippen LogP contribution in [0.15, 0.2) is 29.8 Å². The van der Waals surface area contributed by atoms with Gasteiger partial charge in [-0.25, -0.2) is 9.88 Å². The molecule has 1 aromatic carbocycles. The lowest BCUT2D eigenvalue weighted by Gasteiger charge is -2.31. The van der Waals surface area contributed by atoms with Gasteiger partial charge in [0.25, 0.3) is 0 Å². The Hall–Kier alpha value is -2.30. The minimum absolute atomic E-state index is 0.113. The van der Waals surface area contributed by atoms with E-state index in [0.29, 0.717) is 0 Å². The Bertz CT molecular complexity index is 1070. The molecule has 5 rings (SSSR count). The maximum absolute atomic E-state index is 13.8. The average Bonchev–Trinajstić information content (AvgIpc) is 3.36. The normalized spacial score (nSPS) is 35.4. The third-order valence-corrected chi connectivity index (χ3v) is 7.33. The Morgan fingerprint density at radius 1 is 1.23 bits per heavy atom. The molecule has 30 heavy (non-hydrogen) atoms. The monoisotopic (exact) mass is 438 g/mol. The summed E-state index contributed by atoms with van der Waals surface area (Å²) in [4.78, 5) is 31.1. The Morgan fingerprint density at radius 2 is 1.93 bits per heavy atom. The van der Waals surface area contributed by atoms with E-state index in [0.717, 1.165) is 22.3 Å². The molecule has 0 saturated carbocycles. The summed E-state index contributed by atoms with van der Waals surface area (Å²) in [5, 5.41) is 12.1. The van der Waals surface area contributed by atoms with Gasteiger partial charge >= 0.3 is 6.18 Å². The molecule has 1 N–H and O–H groups in total. The van der Waals surface area contributed by atoms with Crippen molar-refractivity contribution in [2.45, 2.75) is 43.8 Å². The van der Waals surface area contributed by atoms with Gasteiger partial charge < -0.3 is 9.84 Å². The average molecular weight is 438 g/mol. The lowest BCUT2D eigenvalue weighted by Crippen LogP contribution is -2.49. The third kappa shape index (κ3) is 2.41.